The first kappa shape index (κ1) is 30.6. The number of rotatable bonds is 16. The van der Waals surface area contributed by atoms with Crippen molar-refractivity contribution in [3.63, 3.8) is 0 Å². The largest absolute Gasteiger partial charge is 0.481 e. The number of nitrogens with zero attached hydrogens (tertiary/aromatic N) is 1. The first-order chi connectivity index (χ1) is 16.8. The number of carbonyl (C=O) groups is 5. The van der Waals surface area contributed by atoms with Crippen LogP contribution in [0.1, 0.15) is 59.1 Å². The molecule has 3 amide bonds. The number of carbonyl (C=O) groups excluding carboxylic acids is 3. The lowest BCUT2D eigenvalue weighted by Crippen LogP contribution is -2.58. The lowest BCUT2D eigenvalue weighted by molar-refractivity contribution is -0.143. The second-order valence-electron chi connectivity index (χ2n) is 9.60. The number of nitrogens with one attached hydrogen (secondary N) is 4. The van der Waals surface area contributed by atoms with E-state index < -0.39 is 53.8 Å². The third kappa shape index (κ3) is 11.3. The van der Waals surface area contributed by atoms with Gasteiger partial charge in [0.2, 0.25) is 17.7 Å². The number of aromatic nitrogens is 2. The van der Waals surface area contributed by atoms with Crippen LogP contribution in [-0.4, -0.2) is 74.0 Å². The van der Waals surface area contributed by atoms with Gasteiger partial charge in [0, 0.05) is 24.7 Å². The fourth-order valence-electron chi connectivity index (χ4n) is 3.45. The summed E-state index contributed by atoms with van der Waals surface area (Å²) in [5.74, 6) is -4.32. The number of aliphatic carboxylic acids is 2. The van der Waals surface area contributed by atoms with E-state index in [-0.39, 0.29) is 43.9 Å². The van der Waals surface area contributed by atoms with Crippen LogP contribution in [0.15, 0.2) is 12.5 Å². The van der Waals surface area contributed by atoms with Crippen molar-refractivity contribution in [2.45, 2.75) is 84.0 Å². The third-order valence-electron chi connectivity index (χ3n) is 5.28. The first-order valence-corrected chi connectivity index (χ1v) is 11.9. The number of aromatic amines is 1. The minimum atomic E-state index is -1.17. The second kappa shape index (κ2) is 14.8. The number of imidazole rings is 1. The molecule has 1 heterocycles. The molecule has 0 radical (unpaired) electrons. The van der Waals surface area contributed by atoms with Crippen LogP contribution in [-0.2, 0) is 30.4 Å². The van der Waals surface area contributed by atoms with Crippen molar-refractivity contribution in [1.29, 1.82) is 0 Å². The van der Waals surface area contributed by atoms with Gasteiger partial charge in [0.15, 0.2) is 0 Å². The molecule has 13 heteroatoms. The number of nitrogens with two attached hydrogens (primary N) is 1. The molecule has 0 aliphatic carbocycles. The van der Waals surface area contributed by atoms with Gasteiger partial charge in [-0.05, 0) is 31.1 Å². The van der Waals surface area contributed by atoms with Gasteiger partial charge in [-0.15, -0.1) is 0 Å². The van der Waals surface area contributed by atoms with Gasteiger partial charge in [0.1, 0.15) is 18.1 Å². The van der Waals surface area contributed by atoms with Crippen LogP contribution in [0.5, 0.6) is 0 Å². The van der Waals surface area contributed by atoms with E-state index in [1.165, 1.54) is 12.5 Å². The molecule has 0 bridgehead atoms. The molecule has 36 heavy (non-hydrogen) atoms. The van der Waals surface area contributed by atoms with Gasteiger partial charge in [-0.25, -0.2) is 9.78 Å². The number of H-pyrrole nitrogens is 1. The van der Waals surface area contributed by atoms with Gasteiger partial charge < -0.3 is 36.9 Å². The highest BCUT2D eigenvalue weighted by Gasteiger charge is 2.31. The van der Waals surface area contributed by atoms with Crippen LogP contribution in [0.3, 0.4) is 0 Å². The summed E-state index contributed by atoms with van der Waals surface area (Å²) in [6.45, 7) is 7.36. The van der Waals surface area contributed by atoms with Gasteiger partial charge in [-0.3, -0.25) is 19.2 Å². The lowest BCUT2D eigenvalue weighted by Gasteiger charge is -2.26. The summed E-state index contributed by atoms with van der Waals surface area (Å²) in [5.41, 5.74) is 6.31. The van der Waals surface area contributed by atoms with Crippen molar-refractivity contribution in [1.82, 2.24) is 25.9 Å². The van der Waals surface area contributed by atoms with E-state index in [0.29, 0.717) is 5.69 Å². The summed E-state index contributed by atoms with van der Waals surface area (Å²) in [7, 11) is 0. The highest BCUT2D eigenvalue weighted by atomic mass is 16.4. The van der Waals surface area contributed by atoms with Gasteiger partial charge in [-0.1, -0.05) is 27.7 Å². The molecular formula is C23H38N6O7. The van der Waals surface area contributed by atoms with Crippen LogP contribution in [0.4, 0.5) is 0 Å². The van der Waals surface area contributed by atoms with Crippen LogP contribution < -0.4 is 21.7 Å². The predicted octanol–water partition coefficient (Wildman–Crippen LogP) is -0.224. The fourth-order valence-corrected chi connectivity index (χ4v) is 3.45. The van der Waals surface area contributed by atoms with Crippen molar-refractivity contribution < 1.29 is 34.2 Å². The van der Waals surface area contributed by atoms with E-state index in [1.54, 1.807) is 0 Å². The summed E-state index contributed by atoms with van der Waals surface area (Å²) in [4.78, 5) is 67.8. The molecule has 8 N–H and O–H groups in total. The Morgan fingerprint density at radius 1 is 0.889 bits per heavy atom. The summed E-state index contributed by atoms with van der Waals surface area (Å²) in [5, 5.41) is 25.9. The topological polar surface area (TPSA) is 217 Å². The van der Waals surface area contributed by atoms with Crippen molar-refractivity contribution >= 4 is 29.7 Å². The minimum Gasteiger partial charge on any atom is -0.481 e. The van der Waals surface area contributed by atoms with E-state index in [4.69, 9.17) is 10.8 Å². The molecule has 1 rings (SSSR count). The number of carboxylic acid groups (broad SMARTS) is 2. The number of carboxylic acids is 2. The van der Waals surface area contributed by atoms with Gasteiger partial charge >= 0.3 is 11.9 Å². The summed E-state index contributed by atoms with van der Waals surface area (Å²) in [6.07, 6.45) is 2.89. The van der Waals surface area contributed by atoms with E-state index in [2.05, 4.69) is 25.9 Å². The molecule has 1 aromatic heterocycles. The summed E-state index contributed by atoms with van der Waals surface area (Å²) < 4.78 is 0. The molecule has 0 aromatic carbocycles. The SMILES string of the molecule is CC(C)CC(NC(=O)C(CC(C)C)NC(=O)C(Cc1cnc[nH]1)NC(=O)C(N)CCC(=O)O)C(=O)O. The molecule has 4 atom stereocenters. The van der Waals surface area contributed by atoms with Crippen molar-refractivity contribution in [2.75, 3.05) is 0 Å². The molecule has 0 spiro atoms. The Morgan fingerprint density at radius 2 is 1.42 bits per heavy atom. The molecular weight excluding hydrogens is 472 g/mol. The van der Waals surface area contributed by atoms with Crippen molar-refractivity contribution in [3.05, 3.63) is 18.2 Å². The monoisotopic (exact) mass is 510 g/mol. The zero-order chi connectivity index (χ0) is 27.4. The molecule has 202 valence electrons. The molecule has 1 aromatic rings. The predicted molar refractivity (Wildman–Crippen MR) is 129 cm³/mol. The highest BCUT2D eigenvalue weighted by molar-refractivity contribution is 5.94. The highest BCUT2D eigenvalue weighted by Crippen LogP contribution is 2.10. The molecule has 0 saturated carbocycles. The number of hydrogen-bond acceptors (Lipinski definition) is 7. The van der Waals surface area contributed by atoms with E-state index in [1.807, 2.05) is 27.7 Å². The van der Waals surface area contributed by atoms with Gasteiger partial charge in [0.05, 0.1) is 12.4 Å². The van der Waals surface area contributed by atoms with Crippen LogP contribution >= 0.6 is 0 Å². The molecule has 13 nitrogen and oxygen atoms in total. The standard InChI is InChI=1S/C23H38N6O7/c1-12(2)7-16(21(33)29-18(23(35)36)8-13(3)4)28-22(34)17(9-14-10-25-11-26-14)27-20(32)15(24)5-6-19(30)31/h10-13,15-18H,5-9,24H2,1-4H3,(H,25,26)(H,27,32)(H,28,34)(H,29,33)(H,30,31)(H,35,36). The Labute approximate surface area is 210 Å². The molecule has 4 unspecified atom stereocenters. The van der Waals surface area contributed by atoms with Crippen LogP contribution in [0, 0.1) is 11.8 Å². The average Bonchev–Trinajstić information content (AvgIpc) is 3.28. The van der Waals surface area contributed by atoms with Crippen LogP contribution in [0.2, 0.25) is 0 Å². The van der Waals surface area contributed by atoms with Gasteiger partial charge in [0.25, 0.3) is 0 Å². The van der Waals surface area contributed by atoms with Crippen molar-refractivity contribution in [3.8, 4) is 0 Å². The Kier molecular flexibility index (Phi) is 12.6. The normalized spacial score (nSPS) is 14.5. The van der Waals surface area contributed by atoms with E-state index in [0.717, 1.165) is 0 Å². The zero-order valence-corrected chi connectivity index (χ0v) is 21.1. The first-order valence-electron chi connectivity index (χ1n) is 11.9. The lowest BCUT2D eigenvalue weighted by atomic mass is 10.00. The minimum absolute atomic E-state index is 0.00431. The fraction of sp³-hybridized carbons (Fsp3) is 0.652. The Morgan fingerprint density at radius 3 is 1.92 bits per heavy atom. The second-order valence-corrected chi connectivity index (χ2v) is 9.60. The summed E-state index contributed by atoms with van der Waals surface area (Å²) >= 11 is 0. The Balaban J connectivity index is 3.04. The van der Waals surface area contributed by atoms with Gasteiger partial charge in [-0.2, -0.15) is 0 Å². The van der Waals surface area contributed by atoms with Crippen molar-refractivity contribution in [2.24, 2.45) is 17.6 Å². The quantitative estimate of drug-likeness (QED) is 0.156. The summed E-state index contributed by atoms with van der Waals surface area (Å²) in [6, 6.07) is -4.47. The average molecular weight is 511 g/mol. The third-order valence-corrected chi connectivity index (χ3v) is 5.28. The molecule has 0 fully saturated rings. The molecule has 0 saturated heterocycles. The maximum Gasteiger partial charge on any atom is 0.326 e. The Hall–Kier alpha value is -3.48. The maximum atomic E-state index is 13.2. The zero-order valence-electron chi connectivity index (χ0n) is 21.1. The van der Waals surface area contributed by atoms with E-state index >= 15 is 0 Å². The number of amides is 3. The Bertz CT molecular complexity index is 888. The van der Waals surface area contributed by atoms with E-state index in [9.17, 15) is 29.1 Å². The smallest absolute Gasteiger partial charge is 0.326 e. The number of hydrogen-bond donors (Lipinski definition) is 7. The molecule has 0 aliphatic rings. The van der Waals surface area contributed by atoms with Crippen LogP contribution in [0.25, 0.3) is 0 Å². The maximum absolute atomic E-state index is 13.2. The molecule has 0 aliphatic heterocycles.